The van der Waals surface area contributed by atoms with Crippen LogP contribution in [0.2, 0.25) is 0 Å². The lowest BCUT2D eigenvalue weighted by molar-refractivity contribution is -0.315. The van der Waals surface area contributed by atoms with Crippen molar-refractivity contribution in [2.75, 3.05) is 53.3 Å². The molecule has 2 N–H and O–H groups in total. The van der Waals surface area contributed by atoms with E-state index in [0.29, 0.717) is 5.56 Å². The average molecular weight is 828 g/mol. The largest absolute Gasteiger partial charge is 0.465 e. The quantitative estimate of drug-likeness (QED) is 0.0715. The highest BCUT2D eigenvalue weighted by Crippen LogP contribution is 2.37. The number of aromatic nitrogens is 1. The molecule has 1 aromatic heterocycles. The molecule has 1 aliphatic rings. The summed E-state index contributed by atoms with van der Waals surface area (Å²) in [6, 6.07) is 9.34. The summed E-state index contributed by atoms with van der Waals surface area (Å²) in [4.78, 5) is 93.5. The second-order valence-corrected chi connectivity index (χ2v) is 12.9. The van der Waals surface area contributed by atoms with E-state index < -0.39 is 97.5 Å². The van der Waals surface area contributed by atoms with E-state index in [2.05, 4.69) is 21.5 Å². The van der Waals surface area contributed by atoms with Gasteiger partial charge in [0, 0.05) is 40.1 Å². The van der Waals surface area contributed by atoms with Crippen molar-refractivity contribution in [2.24, 2.45) is 0 Å². The number of nitrogens with zero attached hydrogens (tertiary/aromatic N) is 1. The first-order chi connectivity index (χ1) is 28.2. The maximum absolute atomic E-state index is 13.6. The maximum atomic E-state index is 13.6. The number of nitrogens with one attached hydrogen (secondary N) is 2. The molecule has 0 unspecified atom stereocenters. The Balaban J connectivity index is 2.00. The van der Waals surface area contributed by atoms with Gasteiger partial charge in [0.1, 0.15) is 18.8 Å². The van der Waals surface area contributed by atoms with E-state index in [4.69, 9.17) is 49.1 Å². The Morgan fingerprint density at radius 2 is 1.58 bits per heavy atom. The smallest absolute Gasteiger partial charge is 0.366 e. The van der Waals surface area contributed by atoms with Gasteiger partial charge in [-0.1, -0.05) is 36.3 Å². The number of pyridine rings is 1. The molecule has 0 saturated carbocycles. The zero-order valence-electron chi connectivity index (χ0n) is 33.4. The molecule has 6 atom stereocenters. The fourth-order valence-electron chi connectivity index (χ4n) is 5.96. The first-order valence-corrected chi connectivity index (χ1v) is 18.4. The van der Waals surface area contributed by atoms with Crippen molar-refractivity contribution in [2.45, 2.75) is 76.8 Å². The lowest BCUT2D eigenvalue weighted by Gasteiger charge is -2.48. The van der Waals surface area contributed by atoms with E-state index in [1.54, 1.807) is 30.6 Å². The third kappa shape index (κ3) is 15.7. The lowest BCUT2D eigenvalue weighted by atomic mass is 9.87. The van der Waals surface area contributed by atoms with Crippen LogP contribution in [-0.4, -0.2) is 136 Å². The second-order valence-electron chi connectivity index (χ2n) is 12.9. The van der Waals surface area contributed by atoms with E-state index >= 15 is 0 Å². The number of benzene rings is 1. The summed E-state index contributed by atoms with van der Waals surface area (Å²) in [6.07, 6.45) is 1.23. The molecule has 2 heterocycles. The van der Waals surface area contributed by atoms with Crippen LogP contribution in [0.1, 0.15) is 39.7 Å². The van der Waals surface area contributed by atoms with Crippen LogP contribution in [0.5, 0.6) is 0 Å². The number of methoxy groups -OCH3 is 1. The van der Waals surface area contributed by atoms with Gasteiger partial charge in [-0.25, -0.2) is 4.79 Å². The summed E-state index contributed by atoms with van der Waals surface area (Å²) in [7, 11) is 1.03. The van der Waals surface area contributed by atoms with E-state index in [9.17, 15) is 33.6 Å². The van der Waals surface area contributed by atoms with Crippen molar-refractivity contribution < 1.29 is 76.2 Å². The second kappa shape index (κ2) is 24.1. The first kappa shape index (κ1) is 47.4. The third-order valence-electron chi connectivity index (χ3n) is 8.34. The molecular weight excluding hydrogens is 778 g/mol. The van der Waals surface area contributed by atoms with Gasteiger partial charge in [0.05, 0.1) is 59.0 Å². The molecule has 1 aliphatic heterocycles. The van der Waals surface area contributed by atoms with Crippen LogP contribution in [0.3, 0.4) is 0 Å². The van der Waals surface area contributed by atoms with Gasteiger partial charge < -0.3 is 53.3 Å². The zero-order valence-corrected chi connectivity index (χ0v) is 33.4. The number of carbonyl (C=O) groups is 7. The summed E-state index contributed by atoms with van der Waals surface area (Å²) in [5.41, 5.74) is 2.39. The molecule has 1 aromatic carbocycles. The van der Waals surface area contributed by atoms with E-state index in [1.807, 2.05) is 18.2 Å². The Hall–Kier alpha value is -5.94. The third-order valence-corrected chi connectivity index (χ3v) is 8.34. The minimum Gasteiger partial charge on any atom is -0.465 e. The number of hydrogen-bond donors (Lipinski definition) is 2. The monoisotopic (exact) mass is 827 g/mol. The number of hydrogen-bond acceptors (Lipinski definition) is 17. The molecule has 3 rings (SSSR count). The van der Waals surface area contributed by atoms with Gasteiger partial charge in [0.25, 0.3) is 11.7 Å². The van der Waals surface area contributed by atoms with Crippen LogP contribution in [0, 0.1) is 12.3 Å². The Labute approximate surface area is 341 Å². The summed E-state index contributed by atoms with van der Waals surface area (Å²) in [5.74, 6) is -6.16. The van der Waals surface area contributed by atoms with Crippen LogP contribution in [0.25, 0.3) is 11.1 Å². The van der Waals surface area contributed by atoms with Gasteiger partial charge in [-0.3, -0.25) is 33.8 Å². The minimum absolute atomic E-state index is 0.0689. The highest BCUT2D eigenvalue weighted by molar-refractivity contribution is 5.81. The Morgan fingerprint density at radius 3 is 2.19 bits per heavy atom. The predicted octanol–water partition coefficient (Wildman–Crippen LogP) is 0.592. The number of amides is 2. The molecule has 0 spiro atoms. The molecule has 0 bridgehead atoms. The lowest BCUT2D eigenvalue weighted by Crippen LogP contribution is -2.70. The van der Waals surface area contributed by atoms with E-state index in [-0.39, 0.29) is 39.5 Å². The standard InChI is InChI=1S/C40H49N3O16/c1-7-15-52-16-17-53-18-19-55-40(39(50)51-6)21-32(56-26(3)45)36(43-35(49)24-54-25(2)44)38(59-40)37(58-28(5)47)33(57-27(4)46)23-42-34(48)20-29-10-12-30(13-11-29)31-9-8-14-41-22-31/h1,8-14,22,32-33,36-38H,15-21,23-24H2,2-6H3,(H,42,48)(H,43,49)/t32-,33+,36+,37+,38+,40+/m0/s1. The van der Waals surface area contributed by atoms with Gasteiger partial charge in [-0.05, 0) is 22.8 Å². The minimum atomic E-state index is -2.43. The molecule has 2 amide bonds. The molecule has 59 heavy (non-hydrogen) atoms. The van der Waals surface area contributed by atoms with Gasteiger partial charge in [-0.15, -0.1) is 6.42 Å². The molecule has 19 heteroatoms. The van der Waals surface area contributed by atoms with E-state index in [1.165, 1.54) is 0 Å². The molecule has 19 nitrogen and oxygen atoms in total. The Bertz CT molecular complexity index is 1780. The fourth-order valence-corrected chi connectivity index (χ4v) is 5.96. The highest BCUT2D eigenvalue weighted by Gasteiger charge is 2.59. The van der Waals surface area contributed by atoms with Gasteiger partial charge >= 0.3 is 29.8 Å². The summed E-state index contributed by atoms with van der Waals surface area (Å²) in [5, 5.41) is 5.21. The molecule has 1 saturated heterocycles. The molecule has 0 radical (unpaired) electrons. The van der Waals surface area contributed by atoms with Gasteiger partial charge in [-0.2, -0.15) is 0 Å². The zero-order chi connectivity index (χ0) is 43.4. The maximum Gasteiger partial charge on any atom is 0.366 e. The fraction of sp³-hybridized carbons (Fsp3) is 0.500. The van der Waals surface area contributed by atoms with Crippen LogP contribution in [-0.2, 0) is 82.6 Å². The SMILES string of the molecule is C#CCOCCOCCO[C@]1(C(=O)OC)C[C@H](OC(C)=O)[C@@H](NC(=O)COC(C)=O)[C@H]([C@H](OC(C)=O)[C@@H](CNC(=O)Cc2ccc(-c3cccnc3)cc2)OC(C)=O)O1. The first-order valence-electron chi connectivity index (χ1n) is 18.4. The molecule has 1 fully saturated rings. The van der Waals surface area contributed by atoms with Gasteiger partial charge in [0.15, 0.2) is 18.8 Å². The number of terminal acetylenes is 1. The summed E-state index contributed by atoms with van der Waals surface area (Å²) in [6.45, 7) is 2.83. The number of carbonyl (C=O) groups excluding carboxylic acids is 7. The van der Waals surface area contributed by atoms with Crippen molar-refractivity contribution in [3.63, 3.8) is 0 Å². The van der Waals surface area contributed by atoms with Crippen molar-refractivity contribution >= 4 is 41.7 Å². The van der Waals surface area contributed by atoms with Crippen LogP contribution in [0.4, 0.5) is 0 Å². The van der Waals surface area contributed by atoms with Gasteiger partial charge in [0.2, 0.25) is 5.91 Å². The molecular formula is C40H49N3O16. The van der Waals surface area contributed by atoms with E-state index in [0.717, 1.165) is 45.9 Å². The van der Waals surface area contributed by atoms with Crippen molar-refractivity contribution in [1.82, 2.24) is 15.6 Å². The Kier molecular flexibility index (Phi) is 19.4. The number of esters is 5. The molecule has 320 valence electrons. The van der Waals surface area contributed by atoms with Crippen molar-refractivity contribution in [1.29, 1.82) is 0 Å². The summed E-state index contributed by atoms with van der Waals surface area (Å²) < 4.78 is 49.7. The summed E-state index contributed by atoms with van der Waals surface area (Å²) >= 11 is 0. The Morgan fingerprint density at radius 1 is 0.881 bits per heavy atom. The average Bonchev–Trinajstić information content (AvgIpc) is 3.19. The molecule has 0 aliphatic carbocycles. The van der Waals surface area contributed by atoms with Crippen LogP contribution in [0.15, 0.2) is 48.8 Å². The van der Waals surface area contributed by atoms with Crippen molar-refractivity contribution in [3.05, 3.63) is 54.4 Å². The normalized spacial score (nSPS) is 19.4. The number of rotatable bonds is 22. The van der Waals surface area contributed by atoms with Crippen LogP contribution >= 0.6 is 0 Å². The van der Waals surface area contributed by atoms with Crippen LogP contribution < -0.4 is 10.6 Å². The number of ether oxygens (including phenoxy) is 9. The molecule has 2 aromatic rings. The highest BCUT2D eigenvalue weighted by atomic mass is 16.7. The topological polar surface area (TPSA) is 240 Å². The predicted molar refractivity (Wildman–Crippen MR) is 202 cm³/mol. The van der Waals surface area contributed by atoms with Crippen molar-refractivity contribution in [3.8, 4) is 23.5 Å².